The zero-order valence-corrected chi connectivity index (χ0v) is 7.17. The van der Waals surface area contributed by atoms with E-state index in [9.17, 15) is 4.79 Å². The van der Waals surface area contributed by atoms with Gasteiger partial charge in [0.1, 0.15) is 6.29 Å². The van der Waals surface area contributed by atoms with Crippen molar-refractivity contribution in [3.63, 3.8) is 0 Å². The summed E-state index contributed by atoms with van der Waals surface area (Å²) in [5, 5.41) is 0.759. The zero-order chi connectivity index (χ0) is 7.82. The second-order valence-corrected chi connectivity index (χ2v) is 2.22. The smallest absolute Gasteiger partial charge is 0.150 e. The lowest BCUT2D eigenvalue weighted by Gasteiger charge is -1.83. The number of hydrogen-bond acceptors (Lipinski definition) is 1. The van der Waals surface area contributed by atoms with Gasteiger partial charge in [0.25, 0.3) is 0 Å². The zero-order valence-electron chi connectivity index (χ0n) is 5.59. The second kappa shape index (κ2) is 6.49. The van der Waals surface area contributed by atoms with Crippen molar-refractivity contribution in [1.29, 1.82) is 0 Å². The number of carbonyl (C=O) groups is 1. The van der Waals surface area contributed by atoms with Crippen LogP contribution < -0.4 is 0 Å². The summed E-state index contributed by atoms with van der Waals surface area (Å²) >= 11 is 3.20. The van der Waals surface area contributed by atoms with E-state index in [1.54, 1.807) is 18.2 Å². The van der Waals surface area contributed by atoms with E-state index in [-0.39, 0.29) is 0 Å². The number of carbonyl (C=O) groups excluding carboxylic acids is 1. The summed E-state index contributed by atoms with van der Waals surface area (Å²) < 4.78 is 0. The molecule has 0 aliphatic heterocycles. The van der Waals surface area contributed by atoms with Crippen LogP contribution in [0, 0.1) is 0 Å². The predicted molar refractivity (Wildman–Crippen MR) is 47.3 cm³/mol. The largest absolute Gasteiger partial charge is 0.298 e. The molecule has 0 unspecified atom stereocenters. The third-order valence-electron chi connectivity index (χ3n) is 0.846. The van der Waals surface area contributed by atoms with Crippen molar-refractivity contribution in [3.05, 3.63) is 36.5 Å². The van der Waals surface area contributed by atoms with Crippen LogP contribution in [0.1, 0.15) is 0 Å². The average molecular weight is 201 g/mol. The van der Waals surface area contributed by atoms with Gasteiger partial charge in [0.05, 0.1) is 0 Å². The minimum Gasteiger partial charge on any atom is -0.298 e. The van der Waals surface area contributed by atoms with Gasteiger partial charge >= 0.3 is 0 Å². The lowest BCUT2D eigenvalue weighted by molar-refractivity contribution is -0.104. The van der Waals surface area contributed by atoms with Crippen LogP contribution in [0.25, 0.3) is 0 Å². The monoisotopic (exact) mass is 200 g/mol. The summed E-state index contributed by atoms with van der Waals surface area (Å²) in [7, 11) is 0. The molecule has 0 fully saturated rings. The van der Waals surface area contributed by atoms with E-state index in [1.165, 1.54) is 0 Å². The molecule has 1 nitrogen and oxygen atoms in total. The van der Waals surface area contributed by atoms with E-state index in [1.807, 2.05) is 6.08 Å². The van der Waals surface area contributed by atoms with Gasteiger partial charge in [0.2, 0.25) is 0 Å². The maximum absolute atomic E-state index is 10.2. The Hall–Kier alpha value is -0.630. The molecular formula is C8H9BrO. The summed E-state index contributed by atoms with van der Waals surface area (Å²) in [6.07, 6.45) is 7.63. The van der Waals surface area contributed by atoms with Gasteiger partial charge in [0.15, 0.2) is 0 Å². The molecule has 54 valence electrons. The topological polar surface area (TPSA) is 17.1 Å². The van der Waals surface area contributed by atoms with Crippen molar-refractivity contribution in [2.45, 2.75) is 0 Å². The van der Waals surface area contributed by atoms with Crippen molar-refractivity contribution >= 4 is 22.2 Å². The Morgan fingerprint density at radius 1 is 1.60 bits per heavy atom. The summed E-state index contributed by atoms with van der Waals surface area (Å²) in [6, 6.07) is 0. The Kier molecular flexibility index (Phi) is 6.08. The fraction of sp³-hybridized carbons (Fsp3) is 0.125. The molecule has 2 heteroatoms. The first-order chi connectivity index (χ1) is 4.85. The molecule has 0 aromatic heterocycles. The fourth-order valence-corrected chi connectivity index (χ4v) is 0.638. The third-order valence-corrected chi connectivity index (χ3v) is 1.22. The summed E-state index contributed by atoms with van der Waals surface area (Å²) in [5.74, 6) is 0. The van der Waals surface area contributed by atoms with Crippen molar-refractivity contribution in [2.24, 2.45) is 0 Å². The van der Waals surface area contributed by atoms with Gasteiger partial charge < -0.3 is 0 Å². The first-order valence-electron chi connectivity index (χ1n) is 2.85. The number of halogens is 1. The van der Waals surface area contributed by atoms with E-state index in [4.69, 9.17) is 0 Å². The van der Waals surface area contributed by atoms with Crippen LogP contribution in [-0.4, -0.2) is 11.6 Å². The average Bonchev–Trinajstić information content (AvgIpc) is 1.98. The van der Waals surface area contributed by atoms with Gasteiger partial charge in [-0.2, -0.15) is 0 Å². The van der Waals surface area contributed by atoms with E-state index in [2.05, 4.69) is 22.5 Å². The van der Waals surface area contributed by atoms with Gasteiger partial charge in [-0.15, -0.1) is 0 Å². The summed E-state index contributed by atoms with van der Waals surface area (Å²) in [4.78, 5) is 10.2. The van der Waals surface area contributed by atoms with Crippen LogP contribution in [0.2, 0.25) is 0 Å². The molecule has 0 heterocycles. The molecule has 0 spiro atoms. The highest BCUT2D eigenvalue weighted by Crippen LogP contribution is 1.93. The van der Waals surface area contributed by atoms with Crippen LogP contribution in [0.5, 0.6) is 0 Å². The molecule has 10 heavy (non-hydrogen) atoms. The summed E-state index contributed by atoms with van der Waals surface area (Å²) in [5.41, 5.74) is 0.634. The number of alkyl halides is 1. The SMILES string of the molecule is C=C/C=C(C=O)\C=C/CBr. The van der Waals surface area contributed by atoms with Crippen molar-refractivity contribution < 1.29 is 4.79 Å². The Bertz CT molecular complexity index is 168. The van der Waals surface area contributed by atoms with Crippen LogP contribution in [0.3, 0.4) is 0 Å². The molecule has 0 aliphatic rings. The lowest BCUT2D eigenvalue weighted by Crippen LogP contribution is -1.76. The predicted octanol–water partition coefficient (Wildman–Crippen LogP) is 2.25. The normalized spacial score (nSPS) is 11.9. The first kappa shape index (κ1) is 9.37. The second-order valence-electron chi connectivity index (χ2n) is 1.58. The molecule has 0 N–H and O–H groups in total. The minimum atomic E-state index is 0.634. The Morgan fingerprint density at radius 3 is 2.70 bits per heavy atom. The third kappa shape index (κ3) is 4.27. The molecule has 0 atom stereocenters. The number of hydrogen-bond donors (Lipinski definition) is 0. The molecule has 0 amide bonds. The summed E-state index contributed by atoms with van der Waals surface area (Å²) in [6.45, 7) is 3.48. The Balaban J connectivity index is 4.07. The molecule has 0 saturated carbocycles. The van der Waals surface area contributed by atoms with Crippen LogP contribution in [-0.2, 0) is 4.79 Å². The fourth-order valence-electron chi connectivity index (χ4n) is 0.451. The molecule has 0 bridgehead atoms. The van der Waals surface area contributed by atoms with E-state index < -0.39 is 0 Å². The highest BCUT2D eigenvalue weighted by atomic mass is 79.9. The molecule has 0 aliphatic carbocycles. The number of rotatable bonds is 4. The highest BCUT2D eigenvalue weighted by Gasteiger charge is 1.82. The standard InChI is InChI=1S/C8H9BrO/c1-2-4-8(7-10)5-3-6-9/h2-5,7H,1,6H2/b5-3-,8-4+. The molecule has 0 radical (unpaired) electrons. The van der Waals surface area contributed by atoms with Crippen LogP contribution >= 0.6 is 15.9 Å². The van der Waals surface area contributed by atoms with Gasteiger partial charge in [-0.3, -0.25) is 4.79 Å². The van der Waals surface area contributed by atoms with Crippen LogP contribution in [0.4, 0.5) is 0 Å². The maximum atomic E-state index is 10.2. The maximum Gasteiger partial charge on any atom is 0.150 e. The number of aldehydes is 1. The van der Waals surface area contributed by atoms with Crippen LogP contribution in [0.15, 0.2) is 36.5 Å². The van der Waals surface area contributed by atoms with Gasteiger partial charge in [-0.25, -0.2) is 0 Å². The van der Waals surface area contributed by atoms with Crippen molar-refractivity contribution in [1.82, 2.24) is 0 Å². The molecule has 0 aromatic rings. The molecular weight excluding hydrogens is 192 g/mol. The van der Waals surface area contributed by atoms with E-state index in [0.29, 0.717) is 5.57 Å². The Morgan fingerprint density at radius 2 is 2.30 bits per heavy atom. The van der Waals surface area contributed by atoms with Gasteiger partial charge in [-0.1, -0.05) is 46.8 Å². The molecule has 0 saturated heterocycles. The molecule has 0 aromatic carbocycles. The number of allylic oxidation sites excluding steroid dienone is 5. The lowest BCUT2D eigenvalue weighted by atomic mass is 10.2. The first-order valence-corrected chi connectivity index (χ1v) is 3.97. The van der Waals surface area contributed by atoms with Gasteiger partial charge in [0, 0.05) is 10.9 Å². The Labute approximate surface area is 69.3 Å². The van der Waals surface area contributed by atoms with Crippen molar-refractivity contribution in [3.8, 4) is 0 Å². The molecule has 0 rings (SSSR count). The van der Waals surface area contributed by atoms with Crippen molar-refractivity contribution in [2.75, 3.05) is 5.33 Å². The van der Waals surface area contributed by atoms with E-state index >= 15 is 0 Å². The minimum absolute atomic E-state index is 0.634. The quantitative estimate of drug-likeness (QED) is 0.295. The highest BCUT2D eigenvalue weighted by molar-refractivity contribution is 9.09. The van der Waals surface area contributed by atoms with E-state index in [0.717, 1.165) is 11.6 Å². The van der Waals surface area contributed by atoms with Gasteiger partial charge in [-0.05, 0) is 0 Å².